The molecule has 1 aliphatic carbocycles. The molecule has 2 aliphatic rings. The molecule has 1 aromatic heterocycles. The number of carbonyl (C=O) groups is 1. The molecule has 1 saturated heterocycles. The highest BCUT2D eigenvalue weighted by Gasteiger charge is 2.32. The Bertz CT molecular complexity index is 635. The highest BCUT2D eigenvalue weighted by molar-refractivity contribution is 7.10. The van der Waals surface area contributed by atoms with Gasteiger partial charge in [0.05, 0.1) is 6.54 Å². The lowest BCUT2D eigenvalue weighted by Gasteiger charge is -2.37. The van der Waals surface area contributed by atoms with Gasteiger partial charge in [0, 0.05) is 17.6 Å². The van der Waals surface area contributed by atoms with Gasteiger partial charge in [-0.3, -0.25) is 9.69 Å². The summed E-state index contributed by atoms with van der Waals surface area (Å²) in [6.45, 7) is 2.68. The van der Waals surface area contributed by atoms with Gasteiger partial charge in [0.15, 0.2) is 5.01 Å². The number of aromatic nitrogens is 1. The molecule has 1 aliphatic heterocycles. The Morgan fingerprint density at radius 3 is 2.77 bits per heavy atom. The van der Waals surface area contributed by atoms with Gasteiger partial charge in [-0.1, -0.05) is 25.2 Å². The van der Waals surface area contributed by atoms with Crippen molar-refractivity contribution in [2.24, 2.45) is 0 Å². The number of hydrogen-bond acceptors (Lipinski definition) is 5. The molecule has 0 bridgehead atoms. The van der Waals surface area contributed by atoms with E-state index in [-0.39, 0.29) is 11.4 Å². The third kappa shape index (κ3) is 5.29. The van der Waals surface area contributed by atoms with Crippen LogP contribution in [-0.4, -0.2) is 66.0 Å². The number of likely N-dealkylation sites (tertiary alicyclic amines) is 1. The van der Waals surface area contributed by atoms with Gasteiger partial charge in [-0.15, -0.1) is 11.3 Å². The molecule has 3 rings (SSSR count). The first-order chi connectivity index (χ1) is 12.6. The zero-order chi connectivity index (χ0) is 18.4. The van der Waals surface area contributed by atoms with Crippen molar-refractivity contribution in [3.63, 3.8) is 0 Å². The van der Waals surface area contributed by atoms with Gasteiger partial charge in [-0.2, -0.15) is 0 Å². The maximum Gasteiger partial charge on any atom is 0.235 e. The largest absolute Gasteiger partial charge is 0.339 e. The van der Waals surface area contributed by atoms with Crippen molar-refractivity contribution in [2.75, 3.05) is 33.7 Å². The summed E-state index contributed by atoms with van der Waals surface area (Å²) in [5.74, 6) is 6.65. The molecule has 1 aromatic rings. The van der Waals surface area contributed by atoms with Crippen LogP contribution in [-0.2, 0) is 4.79 Å². The van der Waals surface area contributed by atoms with E-state index in [2.05, 4.69) is 46.0 Å². The van der Waals surface area contributed by atoms with Crippen molar-refractivity contribution in [2.45, 2.75) is 56.5 Å². The molecule has 0 atom stereocenters. The van der Waals surface area contributed by atoms with E-state index in [9.17, 15) is 4.79 Å². The molecule has 1 amide bonds. The molecular formula is C20H30N4OS. The van der Waals surface area contributed by atoms with E-state index in [0.717, 1.165) is 56.6 Å². The summed E-state index contributed by atoms with van der Waals surface area (Å²) < 4.78 is 0. The molecule has 142 valence electrons. The number of likely N-dealkylation sites (N-methyl/N-ethyl adjacent to an activating group) is 1. The van der Waals surface area contributed by atoms with E-state index in [0.29, 0.717) is 12.6 Å². The van der Waals surface area contributed by atoms with Gasteiger partial charge in [0.25, 0.3) is 0 Å². The Labute approximate surface area is 161 Å². The average Bonchev–Trinajstić information content (AvgIpc) is 3.15. The fourth-order valence-corrected chi connectivity index (χ4v) is 4.47. The number of hydrogen-bond donors (Lipinski definition) is 1. The smallest absolute Gasteiger partial charge is 0.235 e. The van der Waals surface area contributed by atoms with Crippen LogP contribution in [0.25, 0.3) is 0 Å². The summed E-state index contributed by atoms with van der Waals surface area (Å²) in [4.78, 5) is 21.6. The number of rotatable bonds is 4. The van der Waals surface area contributed by atoms with Crippen LogP contribution < -0.4 is 5.32 Å². The summed E-state index contributed by atoms with van der Waals surface area (Å²) in [6, 6.07) is 0.501. The normalized spacial score (nSPS) is 21.2. The summed E-state index contributed by atoms with van der Waals surface area (Å²) in [5, 5.41) is 6.05. The highest BCUT2D eigenvalue weighted by Crippen LogP contribution is 2.28. The number of piperidine rings is 1. The van der Waals surface area contributed by atoms with Gasteiger partial charge in [0.1, 0.15) is 5.54 Å². The minimum Gasteiger partial charge on any atom is -0.339 e. The summed E-state index contributed by atoms with van der Waals surface area (Å²) in [5.41, 5.74) is -0.380. The van der Waals surface area contributed by atoms with Crippen molar-refractivity contribution >= 4 is 17.2 Å². The number of thiazole rings is 1. The summed E-state index contributed by atoms with van der Waals surface area (Å²) >= 11 is 1.55. The molecule has 0 spiro atoms. The lowest BCUT2D eigenvalue weighted by molar-refractivity contribution is -0.124. The number of amides is 1. The Balaban J connectivity index is 1.60. The second-order valence-corrected chi connectivity index (χ2v) is 8.62. The fourth-order valence-electron chi connectivity index (χ4n) is 3.99. The number of carbonyl (C=O) groups excluding carboxylic acids is 1. The van der Waals surface area contributed by atoms with E-state index in [4.69, 9.17) is 0 Å². The minimum atomic E-state index is -0.380. The monoisotopic (exact) mass is 374 g/mol. The molecule has 2 heterocycles. The lowest BCUT2D eigenvalue weighted by Crippen LogP contribution is -2.53. The molecule has 5 nitrogen and oxygen atoms in total. The number of nitrogens with one attached hydrogen (secondary N) is 1. The van der Waals surface area contributed by atoms with Crippen molar-refractivity contribution in [3.8, 4) is 11.8 Å². The van der Waals surface area contributed by atoms with Crippen LogP contribution in [0.15, 0.2) is 11.6 Å². The number of nitrogens with zero attached hydrogens (tertiary/aromatic N) is 3. The zero-order valence-electron chi connectivity index (χ0n) is 16.0. The molecule has 0 aromatic carbocycles. The maximum absolute atomic E-state index is 12.8. The predicted octanol–water partition coefficient (Wildman–Crippen LogP) is 2.34. The Kier molecular flexibility index (Phi) is 6.68. The predicted molar refractivity (Wildman–Crippen MR) is 106 cm³/mol. The van der Waals surface area contributed by atoms with Crippen LogP contribution in [0.4, 0.5) is 0 Å². The maximum atomic E-state index is 12.8. The summed E-state index contributed by atoms with van der Waals surface area (Å²) in [6.07, 6.45) is 9.40. The van der Waals surface area contributed by atoms with E-state index >= 15 is 0 Å². The van der Waals surface area contributed by atoms with Crippen LogP contribution in [0.1, 0.15) is 50.0 Å². The van der Waals surface area contributed by atoms with Gasteiger partial charge < -0.3 is 10.2 Å². The molecule has 6 heteroatoms. The molecule has 26 heavy (non-hydrogen) atoms. The van der Waals surface area contributed by atoms with Gasteiger partial charge in [-0.25, -0.2) is 4.98 Å². The van der Waals surface area contributed by atoms with E-state index in [1.54, 1.807) is 17.5 Å². The standard InChI is InChI=1S/C20H30N4OS/c1-23-13-7-17(8-14-23)24(2)16-18(25)22-20(9-4-3-5-10-20)11-6-19-21-12-15-26-19/h12,15,17H,3-5,7-10,13-14,16H2,1-2H3,(H,22,25). The second-order valence-electron chi connectivity index (χ2n) is 7.73. The van der Waals surface area contributed by atoms with E-state index in [1.165, 1.54) is 6.42 Å². The van der Waals surface area contributed by atoms with Crippen LogP contribution in [0.2, 0.25) is 0 Å². The molecule has 0 unspecified atom stereocenters. The zero-order valence-corrected chi connectivity index (χ0v) is 16.8. The van der Waals surface area contributed by atoms with Gasteiger partial charge in [-0.05, 0) is 58.8 Å². The minimum absolute atomic E-state index is 0.0989. The van der Waals surface area contributed by atoms with Gasteiger partial charge >= 0.3 is 0 Å². The highest BCUT2D eigenvalue weighted by atomic mass is 32.1. The first-order valence-corrected chi connectivity index (χ1v) is 10.6. The Hall–Kier alpha value is -1.42. The van der Waals surface area contributed by atoms with Crippen LogP contribution in [0.5, 0.6) is 0 Å². The lowest BCUT2D eigenvalue weighted by atomic mass is 9.82. The second kappa shape index (κ2) is 8.98. The average molecular weight is 375 g/mol. The van der Waals surface area contributed by atoms with Gasteiger partial charge in [0.2, 0.25) is 5.91 Å². The van der Waals surface area contributed by atoms with E-state index in [1.807, 2.05) is 5.38 Å². The molecule has 1 N–H and O–H groups in total. The molecule has 0 radical (unpaired) electrons. The van der Waals surface area contributed by atoms with Crippen LogP contribution in [0, 0.1) is 11.8 Å². The molecule has 1 saturated carbocycles. The fraction of sp³-hybridized carbons (Fsp3) is 0.700. The van der Waals surface area contributed by atoms with E-state index < -0.39 is 0 Å². The first-order valence-electron chi connectivity index (χ1n) is 9.69. The quantitative estimate of drug-likeness (QED) is 0.822. The van der Waals surface area contributed by atoms with Crippen LogP contribution >= 0.6 is 11.3 Å². The van der Waals surface area contributed by atoms with Crippen LogP contribution in [0.3, 0.4) is 0 Å². The SMILES string of the molecule is CN1CCC(N(C)CC(=O)NC2(C#Cc3nccs3)CCCCC2)CC1. The van der Waals surface area contributed by atoms with Crippen molar-refractivity contribution < 1.29 is 4.79 Å². The topological polar surface area (TPSA) is 48.5 Å². The molecule has 2 fully saturated rings. The van der Waals surface area contributed by atoms with Crippen molar-refractivity contribution in [1.82, 2.24) is 20.1 Å². The third-order valence-electron chi connectivity index (χ3n) is 5.63. The van der Waals surface area contributed by atoms with Crippen molar-refractivity contribution in [1.29, 1.82) is 0 Å². The molecular weight excluding hydrogens is 344 g/mol. The third-order valence-corrected chi connectivity index (χ3v) is 6.32. The Morgan fingerprint density at radius 2 is 2.12 bits per heavy atom. The Morgan fingerprint density at radius 1 is 1.38 bits per heavy atom. The van der Waals surface area contributed by atoms with Crippen molar-refractivity contribution in [3.05, 3.63) is 16.6 Å². The summed E-state index contributed by atoms with van der Waals surface area (Å²) in [7, 11) is 4.24. The first kappa shape index (κ1) is 19.3.